The van der Waals surface area contributed by atoms with Gasteiger partial charge in [0.25, 0.3) is 5.91 Å². The van der Waals surface area contributed by atoms with Crippen LogP contribution in [-0.4, -0.2) is 51.4 Å². The van der Waals surface area contributed by atoms with Crippen LogP contribution in [0.5, 0.6) is 0 Å². The average Bonchev–Trinajstić information content (AvgIpc) is 3.35. The molecule has 3 aliphatic rings. The lowest BCUT2D eigenvalue weighted by Crippen LogP contribution is -2.31. The SMILES string of the molecule is CN(C)CCC(c1ccccc1)n1cc(NC(=O)c2n[nH]c3c2CC2CC3C2)cn1. The molecule has 0 aliphatic heterocycles. The Kier molecular flexibility index (Phi) is 4.90. The molecule has 0 radical (unpaired) electrons. The number of nitrogens with zero attached hydrogens (tertiary/aromatic N) is 4. The van der Waals surface area contributed by atoms with Gasteiger partial charge in [-0.05, 0) is 57.8 Å². The normalized spacial score (nSPS) is 20.5. The summed E-state index contributed by atoms with van der Waals surface area (Å²) in [6.07, 6.45) is 8.00. The van der Waals surface area contributed by atoms with Gasteiger partial charge in [0.1, 0.15) is 0 Å². The molecule has 0 spiro atoms. The van der Waals surface area contributed by atoms with Crippen LogP contribution >= 0.6 is 0 Å². The standard InChI is InChI=1S/C23H28N6O/c1-28(2)9-8-20(16-6-4-3-5-7-16)29-14-18(13-24-29)25-23(30)22-19-12-15-10-17(11-15)21(19)26-27-22/h3-7,13-15,17,20H,8-12H2,1-2H3,(H,25,30)(H,26,27). The number of benzene rings is 1. The molecule has 1 atom stereocenters. The van der Waals surface area contributed by atoms with Crippen molar-refractivity contribution in [1.82, 2.24) is 24.9 Å². The quantitative estimate of drug-likeness (QED) is 0.632. The van der Waals surface area contributed by atoms with Crippen molar-refractivity contribution >= 4 is 11.6 Å². The summed E-state index contributed by atoms with van der Waals surface area (Å²) in [6, 6.07) is 10.5. The maximum absolute atomic E-state index is 12.9. The van der Waals surface area contributed by atoms with E-state index in [1.54, 1.807) is 6.20 Å². The van der Waals surface area contributed by atoms with Gasteiger partial charge in [-0.25, -0.2) is 0 Å². The van der Waals surface area contributed by atoms with Crippen LogP contribution in [-0.2, 0) is 6.42 Å². The highest BCUT2D eigenvalue weighted by Gasteiger charge is 2.40. The Balaban J connectivity index is 1.33. The summed E-state index contributed by atoms with van der Waals surface area (Å²) < 4.78 is 1.95. The first kappa shape index (κ1) is 19.1. The Morgan fingerprint density at radius 1 is 1.30 bits per heavy atom. The first-order chi connectivity index (χ1) is 14.6. The lowest BCUT2D eigenvalue weighted by Gasteiger charge is -2.40. The van der Waals surface area contributed by atoms with E-state index < -0.39 is 0 Å². The molecule has 1 fully saturated rings. The van der Waals surface area contributed by atoms with Crippen LogP contribution in [0.3, 0.4) is 0 Å². The van der Waals surface area contributed by atoms with Gasteiger partial charge in [-0.3, -0.25) is 14.6 Å². The minimum atomic E-state index is -0.155. The van der Waals surface area contributed by atoms with Crippen LogP contribution in [0.15, 0.2) is 42.7 Å². The first-order valence-electron chi connectivity index (χ1n) is 10.7. The van der Waals surface area contributed by atoms with Crippen molar-refractivity contribution in [2.75, 3.05) is 26.0 Å². The van der Waals surface area contributed by atoms with Gasteiger partial charge in [0.15, 0.2) is 5.69 Å². The van der Waals surface area contributed by atoms with E-state index in [1.165, 1.54) is 24.1 Å². The molecule has 1 saturated carbocycles. The third-order valence-electron chi connectivity index (χ3n) is 6.46. The van der Waals surface area contributed by atoms with Crippen molar-refractivity contribution in [3.05, 3.63) is 65.2 Å². The molecule has 0 saturated heterocycles. The number of hydrogen-bond donors (Lipinski definition) is 2. The Morgan fingerprint density at radius 2 is 2.10 bits per heavy atom. The van der Waals surface area contributed by atoms with E-state index in [2.05, 4.69) is 63.9 Å². The predicted octanol–water partition coefficient (Wildman–Crippen LogP) is 3.45. The van der Waals surface area contributed by atoms with Gasteiger partial charge >= 0.3 is 0 Å². The number of aromatic amines is 1. The maximum Gasteiger partial charge on any atom is 0.276 e. The summed E-state index contributed by atoms with van der Waals surface area (Å²) in [5, 5.41) is 15.0. The van der Waals surface area contributed by atoms with E-state index in [-0.39, 0.29) is 11.9 Å². The van der Waals surface area contributed by atoms with E-state index in [0.717, 1.165) is 30.9 Å². The molecule has 3 aliphatic carbocycles. The van der Waals surface area contributed by atoms with E-state index in [4.69, 9.17) is 0 Å². The fraction of sp³-hybridized carbons (Fsp3) is 0.435. The van der Waals surface area contributed by atoms with E-state index in [9.17, 15) is 4.79 Å². The van der Waals surface area contributed by atoms with Crippen LogP contribution in [0.1, 0.15) is 58.5 Å². The van der Waals surface area contributed by atoms with Gasteiger partial charge in [-0.2, -0.15) is 10.2 Å². The summed E-state index contributed by atoms with van der Waals surface area (Å²) in [5.41, 5.74) is 4.73. The topological polar surface area (TPSA) is 78.8 Å². The Morgan fingerprint density at radius 3 is 2.87 bits per heavy atom. The average molecular weight is 405 g/mol. The second-order valence-corrected chi connectivity index (χ2v) is 8.88. The first-order valence-corrected chi connectivity index (χ1v) is 10.7. The minimum Gasteiger partial charge on any atom is -0.318 e. The van der Waals surface area contributed by atoms with E-state index >= 15 is 0 Å². The van der Waals surface area contributed by atoms with Crippen LogP contribution in [0.25, 0.3) is 0 Å². The molecule has 3 aromatic rings. The molecule has 1 aromatic carbocycles. The number of anilines is 1. The third-order valence-corrected chi connectivity index (χ3v) is 6.46. The van der Waals surface area contributed by atoms with Gasteiger partial charge in [-0.15, -0.1) is 0 Å². The fourth-order valence-corrected chi connectivity index (χ4v) is 4.81. The molecule has 156 valence electrons. The molecule has 7 nitrogen and oxygen atoms in total. The highest BCUT2D eigenvalue weighted by molar-refractivity contribution is 6.04. The largest absolute Gasteiger partial charge is 0.318 e. The summed E-state index contributed by atoms with van der Waals surface area (Å²) in [5.74, 6) is 1.13. The monoisotopic (exact) mass is 404 g/mol. The highest BCUT2D eigenvalue weighted by Crippen LogP contribution is 2.49. The molecule has 30 heavy (non-hydrogen) atoms. The number of rotatable bonds is 7. The van der Waals surface area contributed by atoms with Crippen LogP contribution < -0.4 is 5.32 Å². The van der Waals surface area contributed by atoms with Crippen molar-refractivity contribution in [2.45, 2.75) is 37.6 Å². The van der Waals surface area contributed by atoms with Gasteiger partial charge in [0, 0.05) is 23.4 Å². The molecular weight excluding hydrogens is 376 g/mol. The maximum atomic E-state index is 12.9. The Hall–Kier alpha value is -2.93. The summed E-state index contributed by atoms with van der Waals surface area (Å²) >= 11 is 0. The number of H-pyrrole nitrogens is 1. The van der Waals surface area contributed by atoms with Crippen LogP contribution in [0, 0.1) is 5.92 Å². The molecule has 1 amide bonds. The van der Waals surface area contributed by atoms with Crippen molar-refractivity contribution in [2.24, 2.45) is 5.92 Å². The molecule has 7 heteroatoms. The molecule has 2 heterocycles. The predicted molar refractivity (Wildman–Crippen MR) is 116 cm³/mol. The summed E-state index contributed by atoms with van der Waals surface area (Å²) in [6.45, 7) is 0.947. The Labute approximate surface area is 176 Å². The molecule has 2 N–H and O–H groups in total. The molecular formula is C23H28N6O. The lowest BCUT2D eigenvalue weighted by atomic mass is 9.64. The van der Waals surface area contributed by atoms with Crippen molar-refractivity contribution < 1.29 is 4.79 Å². The van der Waals surface area contributed by atoms with Gasteiger partial charge in [-0.1, -0.05) is 30.3 Å². The van der Waals surface area contributed by atoms with Crippen molar-refractivity contribution in [3.8, 4) is 0 Å². The van der Waals surface area contributed by atoms with Gasteiger partial charge in [0.05, 0.1) is 17.9 Å². The third kappa shape index (κ3) is 3.54. The van der Waals surface area contributed by atoms with E-state index in [0.29, 0.717) is 17.3 Å². The zero-order chi connectivity index (χ0) is 20.7. The number of hydrogen-bond acceptors (Lipinski definition) is 4. The second-order valence-electron chi connectivity index (χ2n) is 8.88. The number of carbonyl (C=O) groups is 1. The molecule has 2 bridgehead atoms. The van der Waals surface area contributed by atoms with Gasteiger partial charge in [0.2, 0.25) is 0 Å². The van der Waals surface area contributed by atoms with Gasteiger partial charge < -0.3 is 10.2 Å². The Bertz CT molecular complexity index is 1030. The van der Waals surface area contributed by atoms with Crippen LogP contribution in [0.2, 0.25) is 0 Å². The van der Waals surface area contributed by atoms with Crippen molar-refractivity contribution in [3.63, 3.8) is 0 Å². The zero-order valence-electron chi connectivity index (χ0n) is 17.5. The molecule has 6 rings (SSSR count). The zero-order valence-corrected chi connectivity index (χ0v) is 17.5. The highest BCUT2D eigenvalue weighted by atomic mass is 16.2. The molecule has 1 unspecified atom stereocenters. The van der Waals surface area contributed by atoms with E-state index in [1.807, 2.05) is 16.9 Å². The number of amides is 1. The summed E-state index contributed by atoms with van der Waals surface area (Å²) in [4.78, 5) is 15.1. The van der Waals surface area contributed by atoms with Crippen LogP contribution in [0.4, 0.5) is 5.69 Å². The second kappa shape index (κ2) is 7.72. The van der Waals surface area contributed by atoms with Crippen molar-refractivity contribution in [1.29, 1.82) is 0 Å². The fourth-order valence-electron chi connectivity index (χ4n) is 4.81. The molecule has 2 aromatic heterocycles. The minimum absolute atomic E-state index is 0.115. The smallest absolute Gasteiger partial charge is 0.276 e. The number of carbonyl (C=O) groups excluding carboxylic acids is 1. The lowest BCUT2D eigenvalue weighted by molar-refractivity contribution is 0.102. The number of aromatic nitrogens is 4. The summed E-state index contributed by atoms with van der Waals surface area (Å²) in [7, 11) is 4.15. The number of nitrogens with one attached hydrogen (secondary N) is 2.